The molecule has 1 fully saturated rings. The highest BCUT2D eigenvalue weighted by molar-refractivity contribution is 5.20. The van der Waals surface area contributed by atoms with Crippen LogP contribution >= 0.6 is 0 Å². The van der Waals surface area contributed by atoms with Gasteiger partial charge < -0.3 is 14.1 Å². The van der Waals surface area contributed by atoms with E-state index in [2.05, 4.69) is 41.3 Å². The Morgan fingerprint density at radius 1 is 1.00 bits per heavy atom. The van der Waals surface area contributed by atoms with Crippen LogP contribution in [-0.4, -0.2) is 25.6 Å². The molecule has 1 saturated carbocycles. The van der Waals surface area contributed by atoms with Crippen LogP contribution in [0.15, 0.2) is 46.9 Å². The molecule has 0 unspecified atom stereocenters. The molecule has 0 aliphatic heterocycles. The summed E-state index contributed by atoms with van der Waals surface area (Å²) in [4.78, 5) is 2.11. The Morgan fingerprint density at radius 2 is 1.72 bits per heavy atom. The van der Waals surface area contributed by atoms with Gasteiger partial charge in [-0.3, -0.25) is 0 Å². The number of ether oxygens (including phenoxy) is 1. The number of rotatable bonds is 8. The molecule has 0 bridgehead atoms. The van der Waals surface area contributed by atoms with Crippen LogP contribution in [0.5, 0.6) is 0 Å². The predicted octanol–water partition coefficient (Wildman–Crippen LogP) is 5.22. The van der Waals surface area contributed by atoms with E-state index in [9.17, 15) is 0 Å². The van der Waals surface area contributed by atoms with Crippen LogP contribution < -0.4 is 0 Å². The highest BCUT2D eigenvalue weighted by atomic mass is 16.5. The van der Waals surface area contributed by atoms with Gasteiger partial charge in [0.2, 0.25) is 0 Å². The largest absolute Gasteiger partial charge is 0.462 e. The van der Waals surface area contributed by atoms with Crippen LogP contribution in [0, 0.1) is 5.92 Å². The van der Waals surface area contributed by atoms with E-state index < -0.39 is 0 Å². The van der Waals surface area contributed by atoms with E-state index in [1.165, 1.54) is 37.7 Å². The normalized spacial score (nSPS) is 17.1. The van der Waals surface area contributed by atoms with E-state index in [0.717, 1.165) is 30.6 Å². The first-order valence-electron chi connectivity index (χ1n) is 9.57. The van der Waals surface area contributed by atoms with Gasteiger partial charge in [-0.05, 0) is 50.6 Å². The highest BCUT2D eigenvalue weighted by Crippen LogP contribution is 2.36. The summed E-state index contributed by atoms with van der Waals surface area (Å²) < 4.78 is 12.0. The second kappa shape index (κ2) is 9.21. The molecule has 1 aromatic heterocycles. The summed E-state index contributed by atoms with van der Waals surface area (Å²) in [6.07, 6.45) is 6.77. The Balaban J connectivity index is 1.58. The molecule has 1 aliphatic rings. The summed E-state index contributed by atoms with van der Waals surface area (Å²) in [5.74, 6) is 3.16. The summed E-state index contributed by atoms with van der Waals surface area (Å²) in [5.41, 5.74) is 1.42. The second-order valence-corrected chi connectivity index (χ2v) is 7.54. The molecular weight excluding hydrogens is 310 g/mol. The topological polar surface area (TPSA) is 25.6 Å². The van der Waals surface area contributed by atoms with Crippen molar-refractivity contribution in [3.63, 3.8) is 0 Å². The van der Waals surface area contributed by atoms with Crippen LogP contribution in [0.4, 0.5) is 0 Å². The maximum Gasteiger partial charge on any atom is 0.129 e. The number of nitrogens with zero attached hydrogens (tertiary/aromatic N) is 1. The highest BCUT2D eigenvalue weighted by Gasteiger charge is 2.25. The quantitative estimate of drug-likeness (QED) is 0.658. The molecular formula is C22H31NO2. The molecule has 1 heterocycles. The van der Waals surface area contributed by atoms with Crippen LogP contribution in [0.2, 0.25) is 0 Å². The summed E-state index contributed by atoms with van der Waals surface area (Å²) in [5, 5.41) is 0. The van der Waals surface area contributed by atoms with Gasteiger partial charge in [0.15, 0.2) is 0 Å². The predicted molar refractivity (Wildman–Crippen MR) is 102 cm³/mol. The fourth-order valence-electron chi connectivity index (χ4n) is 3.92. The van der Waals surface area contributed by atoms with Crippen molar-refractivity contribution in [2.45, 2.75) is 51.2 Å². The lowest BCUT2D eigenvalue weighted by Crippen LogP contribution is -2.21. The molecule has 1 atom stereocenters. The first kappa shape index (κ1) is 18.2. The molecule has 1 aliphatic carbocycles. The minimum atomic E-state index is 0.498. The third-order valence-corrected chi connectivity index (χ3v) is 5.18. The number of hydrogen-bond donors (Lipinski definition) is 0. The molecule has 2 aromatic rings. The third-order valence-electron chi connectivity index (χ3n) is 5.18. The molecule has 0 saturated heterocycles. The standard InChI is InChI=1S/C22H31NO2/c1-23(2)15-20-13-14-21(25-20)16-24-17-22(18-9-5-3-6-10-18)19-11-7-4-8-12-19/h3,5-6,9-10,13-14,19,22H,4,7-8,11-12,15-17H2,1-2H3/t22-/m1/s1. The van der Waals surface area contributed by atoms with Crippen molar-refractivity contribution in [2.24, 2.45) is 5.92 Å². The molecule has 3 heteroatoms. The fraction of sp³-hybridized carbons (Fsp3) is 0.545. The Labute approximate surface area is 152 Å². The minimum Gasteiger partial charge on any atom is -0.462 e. The fourth-order valence-corrected chi connectivity index (χ4v) is 3.92. The van der Waals surface area contributed by atoms with Gasteiger partial charge in [-0.15, -0.1) is 0 Å². The molecule has 25 heavy (non-hydrogen) atoms. The molecule has 0 amide bonds. The van der Waals surface area contributed by atoms with Crippen molar-refractivity contribution in [2.75, 3.05) is 20.7 Å². The van der Waals surface area contributed by atoms with Gasteiger partial charge in [0.1, 0.15) is 18.1 Å². The van der Waals surface area contributed by atoms with Gasteiger partial charge in [-0.25, -0.2) is 0 Å². The Kier molecular flexibility index (Phi) is 6.71. The summed E-state index contributed by atoms with van der Waals surface area (Å²) in [6.45, 7) is 2.16. The zero-order valence-electron chi connectivity index (χ0n) is 15.6. The van der Waals surface area contributed by atoms with Gasteiger partial charge in [-0.2, -0.15) is 0 Å². The van der Waals surface area contributed by atoms with Crippen LogP contribution in [0.25, 0.3) is 0 Å². The van der Waals surface area contributed by atoms with Crippen molar-refractivity contribution in [1.82, 2.24) is 4.90 Å². The first-order valence-corrected chi connectivity index (χ1v) is 9.57. The first-order chi connectivity index (χ1) is 12.2. The van der Waals surface area contributed by atoms with E-state index in [0.29, 0.717) is 12.5 Å². The van der Waals surface area contributed by atoms with Crippen LogP contribution in [0.1, 0.15) is 55.1 Å². The smallest absolute Gasteiger partial charge is 0.129 e. The monoisotopic (exact) mass is 341 g/mol. The third kappa shape index (κ3) is 5.45. The SMILES string of the molecule is CN(C)Cc1ccc(COC[C@H](c2ccccc2)C2CCCCC2)o1. The summed E-state index contributed by atoms with van der Waals surface area (Å²) >= 11 is 0. The number of furan rings is 1. The van der Waals surface area contributed by atoms with Gasteiger partial charge in [0.05, 0.1) is 13.2 Å². The lowest BCUT2D eigenvalue weighted by molar-refractivity contribution is 0.0727. The average Bonchev–Trinajstić information content (AvgIpc) is 3.07. The van der Waals surface area contributed by atoms with Crippen LogP contribution in [-0.2, 0) is 17.9 Å². The lowest BCUT2D eigenvalue weighted by atomic mass is 9.77. The number of benzene rings is 1. The number of hydrogen-bond acceptors (Lipinski definition) is 3. The van der Waals surface area contributed by atoms with Crippen molar-refractivity contribution >= 4 is 0 Å². The van der Waals surface area contributed by atoms with Crippen LogP contribution in [0.3, 0.4) is 0 Å². The van der Waals surface area contributed by atoms with Gasteiger partial charge in [0, 0.05) is 5.92 Å². The maximum atomic E-state index is 6.10. The maximum absolute atomic E-state index is 6.10. The molecule has 0 spiro atoms. The van der Waals surface area contributed by atoms with Crippen molar-refractivity contribution < 1.29 is 9.15 Å². The van der Waals surface area contributed by atoms with Crippen molar-refractivity contribution in [1.29, 1.82) is 0 Å². The van der Waals surface area contributed by atoms with E-state index in [4.69, 9.17) is 9.15 Å². The molecule has 3 nitrogen and oxygen atoms in total. The van der Waals surface area contributed by atoms with E-state index >= 15 is 0 Å². The summed E-state index contributed by atoms with van der Waals surface area (Å²) in [6, 6.07) is 15.0. The Hall–Kier alpha value is -1.58. The van der Waals surface area contributed by atoms with E-state index in [-0.39, 0.29) is 0 Å². The second-order valence-electron chi connectivity index (χ2n) is 7.54. The molecule has 136 valence electrons. The zero-order chi connectivity index (χ0) is 17.5. The van der Waals surface area contributed by atoms with Crippen molar-refractivity contribution in [3.05, 3.63) is 59.5 Å². The van der Waals surface area contributed by atoms with E-state index in [1.807, 2.05) is 20.2 Å². The molecule has 1 aromatic carbocycles. The van der Waals surface area contributed by atoms with Gasteiger partial charge in [0.25, 0.3) is 0 Å². The molecule has 0 radical (unpaired) electrons. The van der Waals surface area contributed by atoms with Crippen molar-refractivity contribution in [3.8, 4) is 0 Å². The van der Waals surface area contributed by atoms with E-state index in [1.54, 1.807) is 0 Å². The molecule has 0 N–H and O–H groups in total. The zero-order valence-corrected chi connectivity index (χ0v) is 15.6. The Bertz CT molecular complexity index is 614. The average molecular weight is 341 g/mol. The lowest BCUT2D eigenvalue weighted by Gasteiger charge is -2.30. The van der Waals surface area contributed by atoms with Gasteiger partial charge >= 0.3 is 0 Å². The van der Waals surface area contributed by atoms with Gasteiger partial charge in [-0.1, -0.05) is 49.6 Å². The summed E-state index contributed by atoms with van der Waals surface area (Å²) in [7, 11) is 4.10. The minimum absolute atomic E-state index is 0.498. The molecule has 3 rings (SSSR count). The Morgan fingerprint density at radius 3 is 2.44 bits per heavy atom.